The zero-order chi connectivity index (χ0) is 24.9. The van der Waals surface area contributed by atoms with Crippen molar-refractivity contribution < 1.29 is 19.1 Å². The molecule has 176 valence electrons. The summed E-state index contributed by atoms with van der Waals surface area (Å²) in [5.74, 6) is -2.47. The summed E-state index contributed by atoms with van der Waals surface area (Å²) in [5.41, 5.74) is 2.67. The second-order valence-electron chi connectivity index (χ2n) is 6.95. The van der Waals surface area contributed by atoms with Crippen LogP contribution < -0.4 is 15.5 Å². The Hall–Kier alpha value is -3.43. The second-order valence-corrected chi connectivity index (χ2v) is 9.22. The van der Waals surface area contributed by atoms with Crippen LogP contribution in [0.1, 0.15) is 15.2 Å². The molecule has 3 aromatic carbocycles. The van der Waals surface area contributed by atoms with E-state index in [2.05, 4.69) is 15.8 Å². The molecule has 0 spiro atoms. The minimum Gasteiger partial charge on any atom is -0.422 e. The molecule has 0 saturated heterocycles. The molecule has 0 aliphatic rings. The van der Waals surface area contributed by atoms with Crippen LogP contribution in [0.15, 0.2) is 71.8 Å². The molecule has 0 fully saturated rings. The topological polar surface area (TPSA) is 96.9 Å². The van der Waals surface area contributed by atoms with Crippen molar-refractivity contribution in [3.63, 3.8) is 0 Å². The van der Waals surface area contributed by atoms with Gasteiger partial charge in [-0.15, -0.1) is 11.3 Å². The van der Waals surface area contributed by atoms with E-state index in [1.54, 1.807) is 30.3 Å². The highest BCUT2D eigenvalue weighted by Gasteiger charge is 2.20. The highest BCUT2D eigenvalue weighted by atomic mass is 35.5. The number of anilines is 1. The molecule has 7 nitrogen and oxygen atoms in total. The molecule has 1 heterocycles. The van der Waals surface area contributed by atoms with Crippen LogP contribution in [-0.4, -0.2) is 24.0 Å². The molecule has 0 atom stereocenters. The van der Waals surface area contributed by atoms with E-state index in [0.717, 1.165) is 10.1 Å². The fourth-order valence-electron chi connectivity index (χ4n) is 2.96. The van der Waals surface area contributed by atoms with E-state index >= 15 is 0 Å². The number of hydrogen-bond donors (Lipinski definition) is 2. The van der Waals surface area contributed by atoms with Crippen LogP contribution in [0.3, 0.4) is 0 Å². The van der Waals surface area contributed by atoms with Gasteiger partial charge in [-0.25, -0.2) is 10.2 Å². The maximum Gasteiger partial charge on any atom is 0.355 e. The van der Waals surface area contributed by atoms with E-state index in [4.69, 9.17) is 39.5 Å². The quantitative estimate of drug-likeness (QED) is 0.103. The number of nitrogens with zero attached hydrogens (tertiary/aromatic N) is 1. The van der Waals surface area contributed by atoms with Crippen LogP contribution in [-0.2, 0) is 9.59 Å². The third-order valence-corrected chi connectivity index (χ3v) is 6.81. The summed E-state index contributed by atoms with van der Waals surface area (Å²) in [5, 5.41) is 7.77. The first kappa shape index (κ1) is 24.7. The van der Waals surface area contributed by atoms with E-state index in [1.165, 1.54) is 29.7 Å². The lowest BCUT2D eigenvalue weighted by atomic mass is 10.2. The van der Waals surface area contributed by atoms with Gasteiger partial charge in [0.1, 0.15) is 10.6 Å². The van der Waals surface area contributed by atoms with Crippen LogP contribution in [0.25, 0.3) is 10.1 Å². The smallest absolute Gasteiger partial charge is 0.355 e. The average molecular weight is 547 g/mol. The number of thiophene rings is 1. The summed E-state index contributed by atoms with van der Waals surface area (Å²) in [6.45, 7) is 0. The second kappa shape index (κ2) is 10.9. The van der Waals surface area contributed by atoms with Gasteiger partial charge in [0.2, 0.25) is 0 Å². The molecule has 0 radical (unpaired) electrons. The molecule has 35 heavy (non-hydrogen) atoms. The largest absolute Gasteiger partial charge is 0.422 e. The predicted octanol–water partition coefficient (Wildman–Crippen LogP) is 6.17. The van der Waals surface area contributed by atoms with Gasteiger partial charge in [0.15, 0.2) is 0 Å². The van der Waals surface area contributed by atoms with Gasteiger partial charge in [-0.2, -0.15) is 5.10 Å². The van der Waals surface area contributed by atoms with Gasteiger partial charge in [-0.05, 0) is 36.4 Å². The number of nitrogens with one attached hydrogen (secondary N) is 2. The molecular weight excluding hydrogens is 533 g/mol. The van der Waals surface area contributed by atoms with Crippen molar-refractivity contribution in [2.75, 3.05) is 5.32 Å². The summed E-state index contributed by atoms with van der Waals surface area (Å²) in [6.07, 6.45) is 1.24. The number of carbonyl (C=O) groups excluding carboxylic acids is 3. The predicted molar refractivity (Wildman–Crippen MR) is 139 cm³/mol. The average Bonchev–Trinajstić information content (AvgIpc) is 3.19. The van der Waals surface area contributed by atoms with Crippen molar-refractivity contribution in [2.45, 2.75) is 0 Å². The SMILES string of the molecule is O=C(NN=Cc1ccccc1OC(=O)c1sc2ccccc2c1Cl)C(=O)Nc1cc(Cl)ccc1Cl. The Bertz CT molecular complexity index is 1490. The molecule has 0 aliphatic carbocycles. The van der Waals surface area contributed by atoms with Crippen LogP contribution in [0.4, 0.5) is 5.69 Å². The van der Waals surface area contributed by atoms with E-state index in [9.17, 15) is 14.4 Å². The number of ether oxygens (including phenoxy) is 1. The number of carbonyl (C=O) groups is 3. The van der Waals surface area contributed by atoms with Crippen LogP contribution in [0, 0.1) is 0 Å². The lowest BCUT2D eigenvalue weighted by Gasteiger charge is -2.07. The van der Waals surface area contributed by atoms with Crippen molar-refractivity contribution in [3.05, 3.63) is 92.2 Å². The summed E-state index contributed by atoms with van der Waals surface area (Å²) in [4.78, 5) is 37.2. The van der Waals surface area contributed by atoms with E-state index in [-0.39, 0.29) is 21.3 Å². The monoisotopic (exact) mass is 545 g/mol. The summed E-state index contributed by atoms with van der Waals surface area (Å²) in [7, 11) is 0. The van der Waals surface area contributed by atoms with Gasteiger partial charge in [-0.1, -0.05) is 65.1 Å². The van der Waals surface area contributed by atoms with Crippen molar-refractivity contribution >= 4 is 85.9 Å². The van der Waals surface area contributed by atoms with E-state index < -0.39 is 17.8 Å². The highest BCUT2D eigenvalue weighted by Crippen LogP contribution is 2.36. The first-order valence-corrected chi connectivity index (χ1v) is 11.9. The van der Waals surface area contributed by atoms with Gasteiger partial charge in [0, 0.05) is 20.7 Å². The molecule has 4 rings (SSSR count). The molecule has 1 aromatic heterocycles. The molecule has 2 N–H and O–H groups in total. The van der Waals surface area contributed by atoms with Crippen molar-refractivity contribution in [1.82, 2.24) is 5.43 Å². The van der Waals surface area contributed by atoms with Crippen molar-refractivity contribution in [1.29, 1.82) is 0 Å². The third-order valence-electron chi connectivity index (χ3n) is 4.59. The summed E-state index contributed by atoms with van der Waals surface area (Å²) >= 11 is 19.4. The Morgan fingerprint density at radius 3 is 2.46 bits per heavy atom. The lowest BCUT2D eigenvalue weighted by Crippen LogP contribution is -2.32. The minimum absolute atomic E-state index is 0.181. The van der Waals surface area contributed by atoms with Crippen LogP contribution >= 0.6 is 46.1 Å². The van der Waals surface area contributed by atoms with Gasteiger partial charge in [0.05, 0.1) is 21.9 Å². The minimum atomic E-state index is -1.04. The number of halogens is 3. The first-order valence-electron chi connectivity index (χ1n) is 9.91. The number of esters is 1. The lowest BCUT2D eigenvalue weighted by molar-refractivity contribution is -0.136. The Labute approximate surface area is 218 Å². The molecule has 11 heteroatoms. The number of fused-ring (bicyclic) bond motifs is 1. The molecule has 0 bridgehead atoms. The maximum atomic E-state index is 12.8. The zero-order valence-corrected chi connectivity index (χ0v) is 20.6. The molecule has 0 unspecified atom stereocenters. The molecule has 2 amide bonds. The molecule has 0 saturated carbocycles. The van der Waals surface area contributed by atoms with Crippen molar-refractivity contribution in [3.8, 4) is 5.75 Å². The maximum absolute atomic E-state index is 12.8. The van der Waals surface area contributed by atoms with Gasteiger partial charge < -0.3 is 10.1 Å². The normalized spacial score (nSPS) is 10.9. The van der Waals surface area contributed by atoms with Crippen LogP contribution in [0.2, 0.25) is 15.1 Å². The number of hydrogen-bond acceptors (Lipinski definition) is 6. The Morgan fingerprint density at radius 2 is 1.66 bits per heavy atom. The van der Waals surface area contributed by atoms with Gasteiger partial charge in [0.25, 0.3) is 0 Å². The number of rotatable bonds is 5. The molecule has 0 aliphatic heterocycles. The Balaban J connectivity index is 1.43. The number of para-hydroxylation sites is 1. The zero-order valence-electron chi connectivity index (χ0n) is 17.6. The van der Waals surface area contributed by atoms with Gasteiger partial charge >= 0.3 is 17.8 Å². The number of amides is 2. The standard InChI is InChI=1S/C24H14Cl3N3O4S/c25-14-9-10-16(26)17(11-14)29-22(31)23(32)30-28-12-13-5-1-3-7-18(13)34-24(33)21-20(27)15-6-2-4-8-19(15)35-21/h1-12H,(H,29,31)(H,30,32). The Kier molecular flexibility index (Phi) is 7.67. The first-order chi connectivity index (χ1) is 16.8. The summed E-state index contributed by atoms with van der Waals surface area (Å²) < 4.78 is 6.39. The highest BCUT2D eigenvalue weighted by molar-refractivity contribution is 7.21. The third kappa shape index (κ3) is 5.80. The Morgan fingerprint density at radius 1 is 0.914 bits per heavy atom. The summed E-state index contributed by atoms with van der Waals surface area (Å²) in [6, 6.07) is 18.4. The van der Waals surface area contributed by atoms with E-state index in [0.29, 0.717) is 15.6 Å². The van der Waals surface area contributed by atoms with Gasteiger partial charge in [-0.3, -0.25) is 9.59 Å². The fourth-order valence-corrected chi connectivity index (χ4v) is 4.68. The molecule has 4 aromatic rings. The van der Waals surface area contributed by atoms with E-state index in [1.807, 2.05) is 24.3 Å². The fraction of sp³-hybridized carbons (Fsp3) is 0. The number of benzene rings is 3. The van der Waals surface area contributed by atoms with Crippen LogP contribution in [0.5, 0.6) is 5.75 Å². The van der Waals surface area contributed by atoms with Crippen molar-refractivity contribution in [2.24, 2.45) is 5.10 Å². The molecular formula is C24H14Cl3N3O4S. The number of hydrazone groups is 1.